The van der Waals surface area contributed by atoms with Crippen molar-refractivity contribution in [3.63, 3.8) is 0 Å². The van der Waals surface area contributed by atoms with E-state index in [1.165, 1.54) is 32.1 Å². The summed E-state index contributed by atoms with van der Waals surface area (Å²) >= 11 is 7.74. The molecule has 0 spiro atoms. The number of thioether (sulfide) groups is 1. The van der Waals surface area contributed by atoms with Gasteiger partial charge in [0, 0.05) is 10.8 Å². The lowest BCUT2D eigenvalue weighted by molar-refractivity contribution is 0.390. The Kier molecular flexibility index (Phi) is 5.84. The van der Waals surface area contributed by atoms with E-state index < -0.39 is 0 Å². The minimum atomic E-state index is 0.0293. The van der Waals surface area contributed by atoms with Crippen molar-refractivity contribution in [3.05, 3.63) is 69.5 Å². The molecule has 1 saturated carbocycles. The molecule has 0 bridgehead atoms. The Labute approximate surface area is 168 Å². The molecule has 0 atom stereocenters. The average molecular weight is 399 g/mol. The third kappa shape index (κ3) is 4.39. The highest BCUT2D eigenvalue weighted by Crippen LogP contribution is 2.29. The Balaban J connectivity index is 1.68. The maximum atomic E-state index is 13.2. The number of hydrogen-bond donors (Lipinski definition) is 0. The Hall–Kier alpha value is -1.78. The maximum absolute atomic E-state index is 13.2. The molecule has 2 aromatic carbocycles. The number of rotatable bonds is 5. The summed E-state index contributed by atoms with van der Waals surface area (Å²) in [5, 5.41) is 2.20. The summed E-state index contributed by atoms with van der Waals surface area (Å²) in [6.07, 6.45) is 6.60. The van der Waals surface area contributed by atoms with Gasteiger partial charge in [0.1, 0.15) is 0 Å². The zero-order chi connectivity index (χ0) is 18.6. The van der Waals surface area contributed by atoms with Crippen molar-refractivity contribution in [1.29, 1.82) is 0 Å². The van der Waals surface area contributed by atoms with Crippen LogP contribution >= 0.6 is 23.4 Å². The first-order chi connectivity index (χ1) is 13.2. The van der Waals surface area contributed by atoms with Crippen molar-refractivity contribution in [2.24, 2.45) is 5.92 Å². The molecule has 1 aromatic heterocycles. The summed E-state index contributed by atoms with van der Waals surface area (Å²) in [4.78, 5) is 18.0. The molecule has 4 rings (SSSR count). The first-order valence-corrected chi connectivity index (χ1v) is 10.9. The van der Waals surface area contributed by atoms with E-state index in [1.807, 2.05) is 53.1 Å². The fraction of sp³-hybridized carbons (Fsp3) is 0.364. The second-order valence-electron chi connectivity index (χ2n) is 7.24. The number of nitrogens with zero attached hydrogens (tertiary/aromatic N) is 2. The number of benzene rings is 2. The van der Waals surface area contributed by atoms with Gasteiger partial charge in [-0.1, -0.05) is 66.9 Å². The predicted molar refractivity (Wildman–Crippen MR) is 114 cm³/mol. The fourth-order valence-corrected chi connectivity index (χ4v) is 5.03. The van der Waals surface area contributed by atoms with Crippen molar-refractivity contribution in [2.75, 3.05) is 5.75 Å². The minimum absolute atomic E-state index is 0.0293. The Bertz CT molecular complexity index is 978. The SMILES string of the molecule is O=c1c2ccccc2nc(SCC2CCCCC2)n1Cc1ccc(Cl)cc1. The second-order valence-corrected chi connectivity index (χ2v) is 8.67. The zero-order valence-corrected chi connectivity index (χ0v) is 16.8. The number of para-hydroxylation sites is 1. The van der Waals surface area contributed by atoms with E-state index in [4.69, 9.17) is 16.6 Å². The topological polar surface area (TPSA) is 34.9 Å². The van der Waals surface area contributed by atoms with E-state index in [1.54, 1.807) is 11.8 Å². The largest absolute Gasteiger partial charge is 0.283 e. The van der Waals surface area contributed by atoms with Crippen LogP contribution in [0.4, 0.5) is 0 Å². The molecule has 1 heterocycles. The molecular weight excluding hydrogens is 376 g/mol. The van der Waals surface area contributed by atoms with Gasteiger partial charge in [0.15, 0.2) is 5.16 Å². The first kappa shape index (κ1) is 18.6. The molecular formula is C22H23ClN2OS. The smallest absolute Gasteiger partial charge is 0.262 e. The van der Waals surface area contributed by atoms with Crippen molar-refractivity contribution >= 4 is 34.3 Å². The molecule has 1 aliphatic rings. The van der Waals surface area contributed by atoms with Crippen LogP contribution in [-0.4, -0.2) is 15.3 Å². The molecule has 1 fully saturated rings. The summed E-state index contributed by atoms with van der Waals surface area (Å²) in [6.45, 7) is 0.515. The van der Waals surface area contributed by atoms with Crippen LogP contribution in [0.5, 0.6) is 0 Å². The molecule has 5 heteroatoms. The van der Waals surface area contributed by atoms with E-state index >= 15 is 0 Å². The lowest BCUT2D eigenvalue weighted by atomic mass is 9.91. The molecule has 0 radical (unpaired) electrons. The van der Waals surface area contributed by atoms with Gasteiger partial charge >= 0.3 is 0 Å². The van der Waals surface area contributed by atoms with Crippen molar-refractivity contribution in [2.45, 2.75) is 43.8 Å². The van der Waals surface area contributed by atoms with Crippen molar-refractivity contribution < 1.29 is 0 Å². The van der Waals surface area contributed by atoms with Gasteiger partial charge in [-0.05, 0) is 48.6 Å². The van der Waals surface area contributed by atoms with Gasteiger partial charge in [-0.25, -0.2) is 4.98 Å². The van der Waals surface area contributed by atoms with Crippen LogP contribution in [0.1, 0.15) is 37.7 Å². The standard InChI is InChI=1S/C22H23ClN2OS/c23-18-12-10-16(11-13-18)14-25-21(26)19-8-4-5-9-20(19)24-22(25)27-15-17-6-2-1-3-7-17/h4-5,8-13,17H,1-3,6-7,14-15H2. The lowest BCUT2D eigenvalue weighted by Gasteiger charge is -2.21. The van der Waals surface area contributed by atoms with Gasteiger partial charge in [0.05, 0.1) is 17.4 Å². The van der Waals surface area contributed by atoms with Gasteiger partial charge in [-0.2, -0.15) is 0 Å². The summed E-state index contributed by atoms with van der Waals surface area (Å²) in [6, 6.07) is 15.3. The Morgan fingerprint density at radius 3 is 2.56 bits per heavy atom. The van der Waals surface area contributed by atoms with Crippen LogP contribution < -0.4 is 5.56 Å². The molecule has 0 saturated heterocycles. The molecule has 0 unspecified atom stereocenters. The van der Waals surface area contributed by atoms with Crippen molar-refractivity contribution in [1.82, 2.24) is 9.55 Å². The highest BCUT2D eigenvalue weighted by molar-refractivity contribution is 7.99. The molecule has 0 aliphatic heterocycles. The van der Waals surface area contributed by atoms with Crippen LogP contribution in [0.25, 0.3) is 10.9 Å². The van der Waals surface area contributed by atoms with Gasteiger partial charge < -0.3 is 0 Å². The number of fused-ring (bicyclic) bond motifs is 1. The van der Waals surface area contributed by atoms with E-state index in [2.05, 4.69) is 0 Å². The Morgan fingerprint density at radius 1 is 1.04 bits per heavy atom. The molecule has 3 nitrogen and oxygen atoms in total. The predicted octanol–water partition coefficient (Wildman–Crippen LogP) is 5.77. The molecule has 140 valence electrons. The van der Waals surface area contributed by atoms with Gasteiger partial charge in [-0.3, -0.25) is 9.36 Å². The van der Waals surface area contributed by atoms with Crippen LogP contribution in [0.15, 0.2) is 58.5 Å². The Morgan fingerprint density at radius 2 is 1.78 bits per heavy atom. The summed E-state index contributed by atoms with van der Waals surface area (Å²) in [7, 11) is 0. The van der Waals surface area contributed by atoms with Gasteiger partial charge in [0.2, 0.25) is 0 Å². The van der Waals surface area contributed by atoms with Crippen LogP contribution in [0.3, 0.4) is 0 Å². The van der Waals surface area contributed by atoms with E-state index in [0.717, 1.165) is 27.9 Å². The quantitative estimate of drug-likeness (QED) is 0.404. The molecule has 3 aromatic rings. The second kappa shape index (κ2) is 8.49. The van der Waals surface area contributed by atoms with Crippen LogP contribution in [-0.2, 0) is 6.54 Å². The fourth-order valence-electron chi connectivity index (χ4n) is 3.72. The summed E-state index contributed by atoms with van der Waals surface area (Å²) in [5.41, 5.74) is 1.86. The van der Waals surface area contributed by atoms with Crippen molar-refractivity contribution in [3.8, 4) is 0 Å². The first-order valence-electron chi connectivity index (χ1n) is 9.57. The van der Waals surface area contributed by atoms with E-state index in [0.29, 0.717) is 17.0 Å². The lowest BCUT2D eigenvalue weighted by Crippen LogP contribution is -2.24. The molecule has 0 amide bonds. The van der Waals surface area contributed by atoms with Crippen LogP contribution in [0.2, 0.25) is 5.02 Å². The highest BCUT2D eigenvalue weighted by Gasteiger charge is 2.17. The van der Waals surface area contributed by atoms with Gasteiger partial charge in [0.25, 0.3) is 5.56 Å². The zero-order valence-electron chi connectivity index (χ0n) is 15.2. The van der Waals surface area contributed by atoms with Gasteiger partial charge in [-0.15, -0.1) is 0 Å². The number of aromatic nitrogens is 2. The van der Waals surface area contributed by atoms with E-state index in [-0.39, 0.29) is 5.56 Å². The third-order valence-corrected chi connectivity index (χ3v) is 6.71. The van der Waals surface area contributed by atoms with E-state index in [9.17, 15) is 4.79 Å². The minimum Gasteiger partial charge on any atom is -0.283 e. The normalized spacial score (nSPS) is 15.3. The third-order valence-electron chi connectivity index (χ3n) is 5.25. The maximum Gasteiger partial charge on any atom is 0.262 e. The monoisotopic (exact) mass is 398 g/mol. The molecule has 0 N–H and O–H groups in total. The highest BCUT2D eigenvalue weighted by atomic mass is 35.5. The average Bonchev–Trinajstić information content (AvgIpc) is 2.71. The number of hydrogen-bond acceptors (Lipinski definition) is 3. The number of halogens is 1. The summed E-state index contributed by atoms with van der Waals surface area (Å²) < 4.78 is 1.82. The summed E-state index contributed by atoms with van der Waals surface area (Å²) in [5.74, 6) is 1.77. The molecule has 27 heavy (non-hydrogen) atoms. The van der Waals surface area contributed by atoms with Crippen LogP contribution in [0, 0.1) is 5.92 Å². The molecule has 1 aliphatic carbocycles.